The van der Waals surface area contributed by atoms with Gasteiger partial charge in [0.2, 0.25) is 5.91 Å². The Bertz CT molecular complexity index is 944. The highest BCUT2D eigenvalue weighted by Gasteiger charge is 2.54. The maximum Gasteiger partial charge on any atom is 0.235 e. The van der Waals surface area contributed by atoms with Gasteiger partial charge in [-0.15, -0.1) is 0 Å². The fraction of sp³-hybridized carbons (Fsp3) is 0.391. The van der Waals surface area contributed by atoms with Gasteiger partial charge in [0.1, 0.15) is 17.9 Å². The van der Waals surface area contributed by atoms with Crippen molar-refractivity contribution in [2.45, 2.75) is 57.2 Å². The highest BCUT2D eigenvalue weighted by Crippen LogP contribution is 2.42. The summed E-state index contributed by atoms with van der Waals surface area (Å²) in [7, 11) is 0. The molecule has 0 radical (unpaired) electrons. The summed E-state index contributed by atoms with van der Waals surface area (Å²) in [4.78, 5) is 26.2. The number of carbonyl (C=O) groups is 2. The summed E-state index contributed by atoms with van der Waals surface area (Å²) in [6, 6.07) is 10.0. The minimum absolute atomic E-state index is 0.146. The predicted molar refractivity (Wildman–Crippen MR) is 103 cm³/mol. The van der Waals surface area contributed by atoms with Crippen LogP contribution in [-0.4, -0.2) is 23.4 Å². The Kier molecular flexibility index (Phi) is 4.56. The van der Waals surface area contributed by atoms with Crippen molar-refractivity contribution in [3.63, 3.8) is 0 Å². The first-order valence-electron chi connectivity index (χ1n) is 9.69. The van der Waals surface area contributed by atoms with E-state index in [1.54, 1.807) is 12.1 Å². The van der Waals surface area contributed by atoms with Gasteiger partial charge >= 0.3 is 0 Å². The average Bonchev–Trinajstić information content (AvgIpc) is 2.90. The Balaban J connectivity index is 1.77. The van der Waals surface area contributed by atoms with Crippen molar-refractivity contribution < 1.29 is 18.4 Å². The van der Waals surface area contributed by atoms with E-state index in [0.29, 0.717) is 31.2 Å². The third kappa shape index (κ3) is 2.93. The summed E-state index contributed by atoms with van der Waals surface area (Å²) < 4.78 is 26.9. The molecule has 1 aliphatic heterocycles. The van der Waals surface area contributed by atoms with E-state index >= 15 is 0 Å². The number of amides is 1. The molecule has 1 heterocycles. The molecule has 1 N–H and O–H groups in total. The van der Waals surface area contributed by atoms with Crippen molar-refractivity contribution in [3.05, 3.63) is 58.9 Å². The molecule has 3 nitrogen and oxygen atoms in total. The normalized spacial score (nSPS) is 27.3. The van der Waals surface area contributed by atoms with Crippen LogP contribution in [0.1, 0.15) is 48.3 Å². The number of halogens is 2. The molecule has 146 valence electrons. The van der Waals surface area contributed by atoms with E-state index in [9.17, 15) is 18.4 Å². The zero-order chi connectivity index (χ0) is 20.1. The minimum Gasteiger partial charge on any atom is -0.343 e. The molecule has 4 rings (SSSR count). The third-order valence-electron chi connectivity index (χ3n) is 6.30. The number of carbonyl (C=O) groups excluding carboxylic acids is 2. The van der Waals surface area contributed by atoms with Crippen LogP contribution in [0.2, 0.25) is 0 Å². The van der Waals surface area contributed by atoms with Crippen LogP contribution in [0.25, 0.3) is 11.1 Å². The molecule has 5 heteroatoms. The highest BCUT2D eigenvalue weighted by atomic mass is 19.1. The molecule has 0 bridgehead atoms. The van der Waals surface area contributed by atoms with Crippen molar-refractivity contribution in [2.24, 2.45) is 0 Å². The molecule has 2 aliphatic rings. The van der Waals surface area contributed by atoms with Crippen molar-refractivity contribution in [2.75, 3.05) is 0 Å². The molecular formula is C23H23F2NO2. The van der Waals surface area contributed by atoms with Crippen molar-refractivity contribution in [1.29, 1.82) is 0 Å². The van der Waals surface area contributed by atoms with Crippen LogP contribution in [0.5, 0.6) is 0 Å². The zero-order valence-electron chi connectivity index (χ0n) is 16.0. The standard InChI is InChI=1S/C23H23F2NO2/c1-13-3-8-18(15-4-6-16(24)7-5-15)14(2)19(13)20-21(27)23(26-22(20)28)11-9-17(25)10-12-23/h3-8,17,20H,9-12H2,1-2H3,(H,26,28). The lowest BCUT2D eigenvalue weighted by atomic mass is 9.75. The lowest BCUT2D eigenvalue weighted by Crippen LogP contribution is -2.49. The van der Waals surface area contributed by atoms with Gasteiger partial charge < -0.3 is 5.32 Å². The van der Waals surface area contributed by atoms with Gasteiger partial charge in [-0.05, 0) is 79.5 Å². The number of benzene rings is 2. The van der Waals surface area contributed by atoms with Crippen LogP contribution in [0.3, 0.4) is 0 Å². The Labute approximate surface area is 163 Å². The van der Waals surface area contributed by atoms with E-state index in [-0.39, 0.29) is 17.5 Å². The summed E-state index contributed by atoms with van der Waals surface area (Å²) in [5.41, 5.74) is 3.19. The largest absolute Gasteiger partial charge is 0.343 e. The first-order valence-corrected chi connectivity index (χ1v) is 9.69. The van der Waals surface area contributed by atoms with Gasteiger partial charge in [0.25, 0.3) is 0 Å². The first kappa shape index (κ1) is 18.8. The Morgan fingerprint density at radius 2 is 1.64 bits per heavy atom. The molecule has 0 aromatic heterocycles. The van der Waals surface area contributed by atoms with Gasteiger partial charge in [-0.25, -0.2) is 8.78 Å². The quantitative estimate of drug-likeness (QED) is 0.774. The van der Waals surface area contributed by atoms with Gasteiger partial charge in [0.05, 0.1) is 5.54 Å². The number of hydrogen-bond acceptors (Lipinski definition) is 2. The van der Waals surface area contributed by atoms with Gasteiger partial charge in [0.15, 0.2) is 5.78 Å². The first-order chi connectivity index (χ1) is 13.3. The van der Waals surface area contributed by atoms with E-state index in [2.05, 4.69) is 5.32 Å². The van der Waals surface area contributed by atoms with Crippen LogP contribution < -0.4 is 5.32 Å². The van der Waals surface area contributed by atoms with Crippen LogP contribution >= 0.6 is 0 Å². The van der Waals surface area contributed by atoms with E-state index in [0.717, 1.165) is 22.3 Å². The summed E-state index contributed by atoms with van der Waals surface area (Å²) in [6.07, 6.45) is 0.397. The Morgan fingerprint density at radius 3 is 2.29 bits per heavy atom. The van der Waals surface area contributed by atoms with E-state index in [1.807, 2.05) is 26.0 Å². The number of aryl methyl sites for hydroxylation is 1. The summed E-state index contributed by atoms with van der Waals surface area (Å²) in [5.74, 6) is -1.64. The number of hydrogen-bond donors (Lipinski definition) is 1. The highest BCUT2D eigenvalue weighted by molar-refractivity contribution is 6.17. The average molecular weight is 383 g/mol. The van der Waals surface area contributed by atoms with E-state index in [4.69, 9.17) is 0 Å². The minimum atomic E-state index is -0.935. The maximum atomic E-state index is 13.6. The number of Topliss-reactive ketones (excluding diaryl/α,β-unsaturated/α-hetero) is 1. The van der Waals surface area contributed by atoms with Gasteiger partial charge in [0, 0.05) is 0 Å². The fourth-order valence-electron chi connectivity index (χ4n) is 4.72. The van der Waals surface area contributed by atoms with Gasteiger partial charge in [-0.2, -0.15) is 0 Å². The lowest BCUT2D eigenvalue weighted by Gasteiger charge is -2.33. The second-order valence-electron chi connectivity index (χ2n) is 8.02. The molecule has 1 spiro atoms. The number of alkyl halides is 1. The number of rotatable bonds is 2. The molecule has 28 heavy (non-hydrogen) atoms. The summed E-state index contributed by atoms with van der Waals surface area (Å²) >= 11 is 0. The molecule has 1 unspecified atom stereocenters. The van der Waals surface area contributed by atoms with Crippen LogP contribution in [0, 0.1) is 19.7 Å². The number of ketones is 1. The Morgan fingerprint density at radius 1 is 1.00 bits per heavy atom. The van der Waals surface area contributed by atoms with Gasteiger partial charge in [-0.1, -0.05) is 24.3 Å². The second kappa shape index (κ2) is 6.80. The number of nitrogens with one attached hydrogen (secondary N) is 1. The maximum absolute atomic E-state index is 13.6. The molecule has 2 aromatic rings. The van der Waals surface area contributed by atoms with Crippen LogP contribution in [-0.2, 0) is 9.59 Å². The molecule has 1 saturated heterocycles. The van der Waals surface area contributed by atoms with E-state index in [1.165, 1.54) is 12.1 Å². The molecule has 1 amide bonds. The molecule has 1 aliphatic carbocycles. The molecule has 1 atom stereocenters. The monoisotopic (exact) mass is 383 g/mol. The van der Waals surface area contributed by atoms with E-state index < -0.39 is 17.6 Å². The van der Waals surface area contributed by atoms with Gasteiger partial charge in [-0.3, -0.25) is 9.59 Å². The molecule has 2 fully saturated rings. The van der Waals surface area contributed by atoms with Crippen LogP contribution in [0.4, 0.5) is 8.78 Å². The fourth-order valence-corrected chi connectivity index (χ4v) is 4.72. The zero-order valence-corrected chi connectivity index (χ0v) is 16.0. The predicted octanol–water partition coefficient (Wildman–Crippen LogP) is 4.54. The second-order valence-corrected chi connectivity index (χ2v) is 8.02. The van der Waals surface area contributed by atoms with Crippen molar-refractivity contribution >= 4 is 11.7 Å². The smallest absolute Gasteiger partial charge is 0.235 e. The van der Waals surface area contributed by atoms with Crippen LogP contribution in [0.15, 0.2) is 36.4 Å². The molecular weight excluding hydrogens is 360 g/mol. The molecule has 1 saturated carbocycles. The summed E-state index contributed by atoms with van der Waals surface area (Å²) in [5, 5.41) is 2.90. The Hall–Kier alpha value is -2.56. The lowest BCUT2D eigenvalue weighted by molar-refractivity contribution is -0.126. The topological polar surface area (TPSA) is 46.2 Å². The third-order valence-corrected chi connectivity index (χ3v) is 6.30. The summed E-state index contributed by atoms with van der Waals surface area (Å²) in [6.45, 7) is 3.78. The SMILES string of the molecule is Cc1ccc(-c2ccc(F)cc2)c(C)c1C1C(=O)NC2(CCC(F)CC2)C1=O. The van der Waals surface area contributed by atoms with Crippen molar-refractivity contribution in [3.8, 4) is 11.1 Å². The van der Waals surface area contributed by atoms with Crippen molar-refractivity contribution in [1.82, 2.24) is 5.32 Å². The molecule has 2 aromatic carbocycles.